The van der Waals surface area contributed by atoms with Crippen LogP contribution in [-0.2, 0) is 13.1 Å². The van der Waals surface area contributed by atoms with E-state index in [4.69, 9.17) is 5.73 Å². The summed E-state index contributed by atoms with van der Waals surface area (Å²) in [4.78, 5) is 13.0. The second-order valence-corrected chi connectivity index (χ2v) is 6.57. The molecule has 0 aliphatic heterocycles. The molecule has 28 heavy (non-hydrogen) atoms. The van der Waals surface area contributed by atoms with Gasteiger partial charge in [0.1, 0.15) is 12.0 Å². The molecule has 0 saturated heterocycles. The summed E-state index contributed by atoms with van der Waals surface area (Å²) in [6.07, 6.45) is 1.55. The molecule has 0 spiro atoms. The minimum Gasteiger partial charge on any atom is -0.395 e. The molecule has 146 valence electrons. The maximum Gasteiger partial charge on any atom is 0.158 e. The van der Waals surface area contributed by atoms with Crippen LogP contribution in [0, 0.1) is 0 Å². The van der Waals surface area contributed by atoms with Gasteiger partial charge in [-0.25, -0.2) is 9.97 Å². The maximum atomic E-state index is 9.35. The molecule has 0 fully saturated rings. The molecule has 0 saturated carbocycles. The summed E-state index contributed by atoms with van der Waals surface area (Å²) in [7, 11) is 0. The average Bonchev–Trinajstić information content (AvgIpc) is 2.73. The summed E-state index contributed by atoms with van der Waals surface area (Å²) in [6.45, 7) is 4.62. The Morgan fingerprint density at radius 3 is 1.79 bits per heavy atom. The van der Waals surface area contributed by atoms with Crippen molar-refractivity contribution in [1.29, 1.82) is 0 Å². The zero-order chi connectivity index (χ0) is 19.8. The van der Waals surface area contributed by atoms with Gasteiger partial charge in [0.15, 0.2) is 11.6 Å². The van der Waals surface area contributed by atoms with Crippen molar-refractivity contribution in [3.8, 4) is 0 Å². The molecule has 3 N–H and O–H groups in total. The molecule has 0 bridgehead atoms. The van der Waals surface area contributed by atoms with Crippen molar-refractivity contribution in [3.63, 3.8) is 0 Å². The topological polar surface area (TPSA) is 78.5 Å². The molecule has 6 heteroatoms. The quantitative estimate of drug-likeness (QED) is 0.597. The highest BCUT2D eigenvalue weighted by atomic mass is 16.3. The molecule has 0 aliphatic carbocycles. The van der Waals surface area contributed by atoms with Crippen LogP contribution in [0.4, 0.5) is 17.3 Å². The zero-order valence-corrected chi connectivity index (χ0v) is 16.2. The fourth-order valence-corrected chi connectivity index (χ4v) is 3.23. The first-order valence-electron chi connectivity index (χ1n) is 9.52. The summed E-state index contributed by atoms with van der Waals surface area (Å²) in [5.41, 5.74) is 9.40. The zero-order valence-electron chi connectivity index (χ0n) is 16.2. The van der Waals surface area contributed by atoms with Crippen molar-refractivity contribution in [2.24, 2.45) is 0 Å². The first-order valence-corrected chi connectivity index (χ1v) is 9.52. The lowest BCUT2D eigenvalue weighted by Crippen LogP contribution is -2.30. The highest BCUT2D eigenvalue weighted by Crippen LogP contribution is 2.30. The number of hydrogen-bond acceptors (Lipinski definition) is 6. The van der Waals surface area contributed by atoms with Gasteiger partial charge in [0.2, 0.25) is 0 Å². The molecule has 0 atom stereocenters. The number of aromatic nitrogens is 2. The number of nitrogen functional groups attached to an aromatic ring is 1. The Kier molecular flexibility index (Phi) is 6.81. The lowest BCUT2D eigenvalue weighted by molar-refractivity contribution is 0.302. The number of aliphatic hydroxyl groups excluding tert-OH is 1. The van der Waals surface area contributed by atoms with Crippen LogP contribution >= 0.6 is 0 Å². The Morgan fingerprint density at radius 2 is 1.32 bits per heavy atom. The van der Waals surface area contributed by atoms with E-state index in [0.717, 1.165) is 0 Å². The van der Waals surface area contributed by atoms with Gasteiger partial charge in [-0.05, 0) is 18.1 Å². The van der Waals surface area contributed by atoms with Gasteiger partial charge >= 0.3 is 0 Å². The van der Waals surface area contributed by atoms with Gasteiger partial charge in [0, 0.05) is 26.2 Å². The lowest BCUT2D eigenvalue weighted by Gasteiger charge is -2.28. The molecule has 0 aliphatic rings. The van der Waals surface area contributed by atoms with Crippen LogP contribution in [-0.4, -0.2) is 34.8 Å². The van der Waals surface area contributed by atoms with Crippen molar-refractivity contribution in [2.45, 2.75) is 20.0 Å². The molecule has 6 nitrogen and oxygen atoms in total. The van der Waals surface area contributed by atoms with E-state index in [1.54, 1.807) is 6.33 Å². The first-order chi connectivity index (χ1) is 13.7. The monoisotopic (exact) mass is 377 g/mol. The molecule has 1 aromatic heterocycles. The van der Waals surface area contributed by atoms with Crippen molar-refractivity contribution >= 4 is 17.3 Å². The molecule has 3 aromatic rings. The number of benzene rings is 2. The molecule has 0 unspecified atom stereocenters. The summed E-state index contributed by atoms with van der Waals surface area (Å²) >= 11 is 0. The van der Waals surface area contributed by atoms with Gasteiger partial charge < -0.3 is 20.6 Å². The third-order valence-corrected chi connectivity index (χ3v) is 4.63. The van der Waals surface area contributed by atoms with Gasteiger partial charge in [-0.15, -0.1) is 0 Å². The van der Waals surface area contributed by atoms with Gasteiger partial charge in [-0.2, -0.15) is 0 Å². The lowest BCUT2D eigenvalue weighted by atomic mass is 10.1. The third-order valence-electron chi connectivity index (χ3n) is 4.63. The number of anilines is 3. The van der Waals surface area contributed by atoms with Crippen molar-refractivity contribution in [1.82, 2.24) is 9.97 Å². The number of rotatable bonds is 9. The van der Waals surface area contributed by atoms with Gasteiger partial charge in [-0.3, -0.25) is 0 Å². The van der Waals surface area contributed by atoms with E-state index in [1.807, 2.05) is 48.2 Å². The minimum absolute atomic E-state index is 0.0460. The molecule has 3 rings (SSSR count). The van der Waals surface area contributed by atoms with E-state index >= 15 is 0 Å². The molecular weight excluding hydrogens is 350 g/mol. The normalized spacial score (nSPS) is 10.6. The van der Waals surface area contributed by atoms with E-state index in [0.29, 0.717) is 43.5 Å². The van der Waals surface area contributed by atoms with E-state index in [9.17, 15) is 5.11 Å². The number of aliphatic hydroxyl groups is 1. The predicted octanol–water partition coefficient (Wildman–Crippen LogP) is 3.08. The van der Waals surface area contributed by atoms with E-state index in [1.165, 1.54) is 11.1 Å². The summed E-state index contributed by atoms with van der Waals surface area (Å²) < 4.78 is 0. The molecule has 0 amide bonds. The van der Waals surface area contributed by atoms with Crippen LogP contribution in [0.3, 0.4) is 0 Å². The standard InChI is InChI=1S/C22H27N5O/c1-2-26(13-14-28)21-20(23)22(25-17-24-21)27(15-18-9-5-3-6-10-18)16-19-11-7-4-8-12-19/h3-12,17,28H,2,13-16,23H2,1H3. The van der Waals surface area contributed by atoms with Crippen LogP contribution in [0.25, 0.3) is 0 Å². The fourth-order valence-electron chi connectivity index (χ4n) is 3.23. The van der Waals surface area contributed by atoms with Crippen LogP contribution in [0.2, 0.25) is 0 Å². The highest BCUT2D eigenvalue weighted by molar-refractivity contribution is 5.75. The maximum absolute atomic E-state index is 9.35. The Morgan fingerprint density at radius 1 is 0.821 bits per heavy atom. The largest absolute Gasteiger partial charge is 0.395 e. The minimum atomic E-state index is 0.0460. The van der Waals surface area contributed by atoms with Gasteiger partial charge in [0.25, 0.3) is 0 Å². The number of nitrogens with two attached hydrogens (primary N) is 1. The Hall–Kier alpha value is -3.12. The summed E-state index contributed by atoms with van der Waals surface area (Å²) in [5.74, 6) is 1.36. The van der Waals surface area contributed by atoms with Crippen molar-refractivity contribution < 1.29 is 5.11 Å². The first kappa shape index (κ1) is 19.6. The predicted molar refractivity (Wildman–Crippen MR) is 114 cm³/mol. The molecular formula is C22H27N5O. The van der Waals surface area contributed by atoms with E-state index < -0.39 is 0 Å². The van der Waals surface area contributed by atoms with Gasteiger partial charge in [0.05, 0.1) is 6.61 Å². The van der Waals surface area contributed by atoms with Crippen LogP contribution in [0.1, 0.15) is 18.1 Å². The smallest absolute Gasteiger partial charge is 0.158 e. The fraction of sp³-hybridized carbons (Fsp3) is 0.273. The Labute approximate surface area is 166 Å². The SMILES string of the molecule is CCN(CCO)c1ncnc(N(Cc2ccccc2)Cc2ccccc2)c1N. The average molecular weight is 377 g/mol. The van der Waals surface area contributed by atoms with Crippen LogP contribution in [0.5, 0.6) is 0 Å². The number of hydrogen-bond donors (Lipinski definition) is 2. The molecule has 0 radical (unpaired) electrons. The second-order valence-electron chi connectivity index (χ2n) is 6.57. The molecule has 2 aromatic carbocycles. The van der Waals surface area contributed by atoms with Crippen molar-refractivity contribution in [2.75, 3.05) is 35.2 Å². The van der Waals surface area contributed by atoms with E-state index in [-0.39, 0.29) is 6.61 Å². The second kappa shape index (κ2) is 9.71. The third kappa shape index (κ3) is 4.78. The van der Waals surface area contributed by atoms with Gasteiger partial charge in [-0.1, -0.05) is 60.7 Å². The van der Waals surface area contributed by atoms with Crippen molar-refractivity contribution in [3.05, 3.63) is 78.1 Å². The Bertz CT molecular complexity index is 816. The van der Waals surface area contributed by atoms with Crippen LogP contribution < -0.4 is 15.5 Å². The van der Waals surface area contributed by atoms with E-state index in [2.05, 4.69) is 39.1 Å². The Balaban J connectivity index is 1.97. The summed E-state index contributed by atoms with van der Waals surface area (Å²) in [5, 5.41) is 9.35. The van der Waals surface area contributed by atoms with Crippen LogP contribution in [0.15, 0.2) is 67.0 Å². The number of likely N-dealkylation sites (N-methyl/N-ethyl adjacent to an activating group) is 1. The summed E-state index contributed by atoms with van der Waals surface area (Å²) in [6, 6.07) is 20.5. The molecule has 1 heterocycles. The highest BCUT2D eigenvalue weighted by Gasteiger charge is 2.19. The number of nitrogens with zero attached hydrogens (tertiary/aromatic N) is 4.